The second kappa shape index (κ2) is 7.54. The van der Waals surface area contributed by atoms with E-state index in [1.165, 1.54) is 25.7 Å². The first-order chi connectivity index (χ1) is 8.26. The fourth-order valence-corrected chi connectivity index (χ4v) is 2.62. The molecule has 0 aliphatic heterocycles. The molecule has 0 radical (unpaired) electrons. The Labute approximate surface area is 105 Å². The topological polar surface area (TPSA) is 45.6 Å². The zero-order chi connectivity index (χ0) is 12.6. The first-order valence-electron chi connectivity index (χ1n) is 6.72. The summed E-state index contributed by atoms with van der Waals surface area (Å²) in [4.78, 5) is 4.16. The minimum atomic E-state index is 0.419. The van der Waals surface area contributed by atoms with Gasteiger partial charge in [-0.1, -0.05) is 12.8 Å². The van der Waals surface area contributed by atoms with E-state index in [0.29, 0.717) is 5.41 Å². The van der Waals surface area contributed by atoms with Crippen molar-refractivity contribution in [3.05, 3.63) is 0 Å². The van der Waals surface area contributed by atoms with Gasteiger partial charge in [0.15, 0.2) is 5.96 Å². The predicted molar refractivity (Wildman–Crippen MR) is 72.4 cm³/mol. The van der Waals surface area contributed by atoms with E-state index in [0.717, 1.165) is 32.1 Å². The van der Waals surface area contributed by atoms with Gasteiger partial charge >= 0.3 is 0 Å². The van der Waals surface area contributed by atoms with Gasteiger partial charge in [-0.3, -0.25) is 4.99 Å². The quantitative estimate of drug-likeness (QED) is 0.423. The lowest BCUT2D eigenvalue weighted by molar-refractivity contribution is 0.105. The summed E-state index contributed by atoms with van der Waals surface area (Å²) < 4.78 is 5.51. The molecule has 1 aliphatic rings. The van der Waals surface area contributed by atoms with E-state index >= 15 is 0 Å². The molecular formula is C13H27N3O. The Morgan fingerprint density at radius 2 is 2.06 bits per heavy atom. The highest BCUT2D eigenvalue weighted by molar-refractivity contribution is 5.79. The molecule has 0 bridgehead atoms. The minimum Gasteiger partial charge on any atom is -0.382 e. The van der Waals surface area contributed by atoms with Gasteiger partial charge in [0.1, 0.15) is 0 Å². The molecule has 100 valence electrons. The second-order valence-corrected chi connectivity index (χ2v) is 4.83. The Hall–Kier alpha value is -0.770. The van der Waals surface area contributed by atoms with Gasteiger partial charge in [-0.2, -0.15) is 0 Å². The van der Waals surface area contributed by atoms with E-state index in [1.807, 2.05) is 7.05 Å². The van der Waals surface area contributed by atoms with Crippen LogP contribution in [0.15, 0.2) is 4.99 Å². The molecule has 0 heterocycles. The Morgan fingerprint density at radius 1 is 1.35 bits per heavy atom. The van der Waals surface area contributed by atoms with Crippen molar-refractivity contribution in [1.29, 1.82) is 0 Å². The third-order valence-electron chi connectivity index (χ3n) is 3.74. The summed E-state index contributed by atoms with van der Waals surface area (Å²) in [7, 11) is 3.71. The summed E-state index contributed by atoms with van der Waals surface area (Å²) in [6, 6.07) is 0. The van der Waals surface area contributed by atoms with Crippen molar-refractivity contribution in [2.45, 2.75) is 39.0 Å². The summed E-state index contributed by atoms with van der Waals surface area (Å²) in [6.07, 6.45) is 6.49. The molecule has 0 saturated heterocycles. The van der Waals surface area contributed by atoms with Crippen LogP contribution in [0.5, 0.6) is 0 Å². The van der Waals surface area contributed by atoms with Crippen molar-refractivity contribution in [3.8, 4) is 0 Å². The lowest BCUT2D eigenvalue weighted by atomic mass is 9.83. The van der Waals surface area contributed by atoms with Gasteiger partial charge in [-0.05, 0) is 31.6 Å². The van der Waals surface area contributed by atoms with Crippen molar-refractivity contribution >= 4 is 5.96 Å². The van der Waals surface area contributed by atoms with E-state index in [9.17, 15) is 0 Å². The highest BCUT2D eigenvalue weighted by Crippen LogP contribution is 2.40. The van der Waals surface area contributed by atoms with Crippen LogP contribution in [-0.2, 0) is 4.74 Å². The monoisotopic (exact) mass is 241 g/mol. The molecule has 17 heavy (non-hydrogen) atoms. The number of aliphatic imine (C=N–C) groups is 1. The molecule has 1 rings (SSSR count). The standard InChI is InChI=1S/C13H27N3O/c1-4-17-10-9-13(7-5-6-8-13)11-16-12(14-2)15-3/h4-11H2,1-3H3,(H2,14,15,16). The molecule has 1 fully saturated rings. The van der Waals surface area contributed by atoms with E-state index in [1.54, 1.807) is 7.05 Å². The molecule has 0 aromatic heterocycles. The first kappa shape index (κ1) is 14.3. The van der Waals surface area contributed by atoms with Crippen molar-refractivity contribution in [1.82, 2.24) is 10.6 Å². The number of rotatable bonds is 6. The summed E-state index contributed by atoms with van der Waals surface area (Å²) in [5.74, 6) is 0.882. The maximum atomic E-state index is 5.51. The van der Waals surface area contributed by atoms with E-state index in [-0.39, 0.29) is 0 Å². The Bertz CT molecular complexity index is 235. The largest absolute Gasteiger partial charge is 0.382 e. The molecule has 0 spiro atoms. The molecule has 0 aromatic rings. The molecule has 0 aromatic carbocycles. The number of nitrogens with one attached hydrogen (secondary N) is 2. The molecule has 4 nitrogen and oxygen atoms in total. The van der Waals surface area contributed by atoms with Crippen LogP contribution in [0, 0.1) is 5.41 Å². The van der Waals surface area contributed by atoms with Crippen molar-refractivity contribution in [3.63, 3.8) is 0 Å². The average Bonchev–Trinajstić information content (AvgIpc) is 2.80. The Morgan fingerprint density at radius 3 is 2.59 bits per heavy atom. The number of ether oxygens (including phenoxy) is 1. The average molecular weight is 241 g/mol. The van der Waals surface area contributed by atoms with Gasteiger partial charge in [0.25, 0.3) is 0 Å². The second-order valence-electron chi connectivity index (χ2n) is 4.83. The van der Waals surface area contributed by atoms with Crippen LogP contribution in [0.25, 0.3) is 0 Å². The first-order valence-corrected chi connectivity index (χ1v) is 6.72. The van der Waals surface area contributed by atoms with Crippen molar-refractivity contribution in [2.75, 3.05) is 33.9 Å². The Kier molecular flexibility index (Phi) is 6.34. The predicted octanol–water partition coefficient (Wildman–Crippen LogP) is 1.77. The number of guanidine groups is 1. The van der Waals surface area contributed by atoms with Crippen LogP contribution in [0.1, 0.15) is 39.0 Å². The molecule has 0 atom stereocenters. The molecule has 0 amide bonds. The molecule has 1 aliphatic carbocycles. The van der Waals surface area contributed by atoms with Crippen molar-refractivity contribution < 1.29 is 4.74 Å². The maximum absolute atomic E-state index is 5.51. The van der Waals surface area contributed by atoms with Crippen LogP contribution in [0.2, 0.25) is 0 Å². The Balaban J connectivity index is 2.41. The minimum absolute atomic E-state index is 0.419. The molecule has 1 saturated carbocycles. The summed E-state index contributed by atoms with van der Waals surface area (Å²) in [5, 5.41) is 6.48. The van der Waals surface area contributed by atoms with Gasteiger partial charge in [-0.25, -0.2) is 0 Å². The number of hydrogen-bond donors (Lipinski definition) is 2. The fraction of sp³-hybridized carbons (Fsp3) is 0.923. The summed E-state index contributed by atoms with van der Waals surface area (Å²) in [6.45, 7) is 4.77. The van der Waals surface area contributed by atoms with Crippen LogP contribution < -0.4 is 10.6 Å². The molecule has 0 unspecified atom stereocenters. The van der Waals surface area contributed by atoms with Crippen LogP contribution in [0.4, 0.5) is 0 Å². The lowest BCUT2D eigenvalue weighted by Crippen LogP contribution is -2.42. The van der Waals surface area contributed by atoms with Gasteiger partial charge in [-0.15, -0.1) is 0 Å². The van der Waals surface area contributed by atoms with Gasteiger partial charge in [0, 0.05) is 33.9 Å². The summed E-state index contributed by atoms with van der Waals surface area (Å²) >= 11 is 0. The van der Waals surface area contributed by atoms with Gasteiger partial charge in [0.05, 0.1) is 0 Å². The SMILES string of the molecule is CCOCCC1(CNC(=NC)NC)CCCC1. The third kappa shape index (κ3) is 4.54. The van der Waals surface area contributed by atoms with Gasteiger partial charge in [0.2, 0.25) is 0 Å². The smallest absolute Gasteiger partial charge is 0.190 e. The highest BCUT2D eigenvalue weighted by atomic mass is 16.5. The van der Waals surface area contributed by atoms with E-state index in [4.69, 9.17) is 4.74 Å². The van der Waals surface area contributed by atoms with Crippen molar-refractivity contribution in [2.24, 2.45) is 10.4 Å². The van der Waals surface area contributed by atoms with Crippen LogP contribution >= 0.6 is 0 Å². The van der Waals surface area contributed by atoms with E-state index in [2.05, 4.69) is 22.5 Å². The number of nitrogens with zero attached hydrogens (tertiary/aromatic N) is 1. The highest BCUT2D eigenvalue weighted by Gasteiger charge is 2.33. The zero-order valence-electron chi connectivity index (χ0n) is 11.5. The van der Waals surface area contributed by atoms with Gasteiger partial charge < -0.3 is 15.4 Å². The zero-order valence-corrected chi connectivity index (χ0v) is 11.5. The molecule has 2 N–H and O–H groups in total. The third-order valence-corrected chi connectivity index (χ3v) is 3.74. The fourth-order valence-electron chi connectivity index (χ4n) is 2.62. The maximum Gasteiger partial charge on any atom is 0.190 e. The van der Waals surface area contributed by atoms with E-state index < -0.39 is 0 Å². The molecule has 4 heteroatoms. The summed E-state index contributed by atoms with van der Waals surface area (Å²) in [5.41, 5.74) is 0.419. The van der Waals surface area contributed by atoms with Crippen LogP contribution in [-0.4, -0.2) is 39.8 Å². The number of hydrogen-bond acceptors (Lipinski definition) is 2. The lowest BCUT2D eigenvalue weighted by Gasteiger charge is -2.29. The molecular weight excluding hydrogens is 214 g/mol. The normalized spacial score (nSPS) is 19.4. The van der Waals surface area contributed by atoms with Crippen LogP contribution in [0.3, 0.4) is 0 Å².